The van der Waals surface area contributed by atoms with Gasteiger partial charge in [-0.1, -0.05) is 31.0 Å². The van der Waals surface area contributed by atoms with Crippen molar-refractivity contribution in [3.8, 4) is 0 Å². The smallest absolute Gasteiger partial charge is 0.195 e. The number of aryl methyl sites for hydroxylation is 1. The summed E-state index contributed by atoms with van der Waals surface area (Å²) in [6.07, 6.45) is 4.94. The van der Waals surface area contributed by atoms with Gasteiger partial charge in [0.2, 0.25) is 0 Å². The van der Waals surface area contributed by atoms with Crippen LogP contribution < -0.4 is 10.6 Å². The van der Waals surface area contributed by atoms with Crippen molar-refractivity contribution in [2.45, 2.75) is 38.6 Å². The Morgan fingerprint density at radius 3 is 2.59 bits per heavy atom. The molecular formula is C14H21N3. The van der Waals surface area contributed by atoms with Crippen LogP contribution in [0.25, 0.3) is 0 Å². The van der Waals surface area contributed by atoms with Crippen molar-refractivity contribution in [1.82, 2.24) is 0 Å². The third kappa shape index (κ3) is 2.78. The highest BCUT2D eigenvalue weighted by Crippen LogP contribution is 2.22. The Kier molecular flexibility index (Phi) is 3.67. The minimum absolute atomic E-state index is 0.432. The van der Waals surface area contributed by atoms with Crippen molar-refractivity contribution >= 4 is 11.6 Å². The van der Waals surface area contributed by atoms with Gasteiger partial charge in [0.25, 0.3) is 0 Å². The second kappa shape index (κ2) is 5.21. The fourth-order valence-corrected chi connectivity index (χ4v) is 2.37. The van der Waals surface area contributed by atoms with Gasteiger partial charge in [-0.15, -0.1) is 0 Å². The van der Waals surface area contributed by atoms with Crippen LogP contribution in [0, 0.1) is 6.92 Å². The van der Waals surface area contributed by atoms with E-state index in [1.54, 1.807) is 0 Å². The first kappa shape index (κ1) is 12.0. The SMILES string of the molecule is Cc1ccccc1N(C)C(N)=NC1CCCC1. The Morgan fingerprint density at radius 2 is 1.94 bits per heavy atom. The molecule has 0 bridgehead atoms. The standard InChI is InChI=1S/C14H21N3/c1-11-7-3-6-10-13(11)17(2)14(15)16-12-8-4-5-9-12/h3,6-7,10,12H,4-5,8-9H2,1-2H3,(H2,15,16). The lowest BCUT2D eigenvalue weighted by atomic mass is 10.2. The molecule has 0 heterocycles. The van der Waals surface area contributed by atoms with Gasteiger partial charge in [-0.05, 0) is 31.4 Å². The Hall–Kier alpha value is -1.51. The molecule has 3 heteroatoms. The summed E-state index contributed by atoms with van der Waals surface area (Å²) in [6, 6.07) is 8.67. The number of guanidine groups is 1. The fraction of sp³-hybridized carbons (Fsp3) is 0.500. The molecule has 0 saturated heterocycles. The van der Waals surface area contributed by atoms with Gasteiger partial charge in [-0.25, -0.2) is 4.99 Å². The van der Waals surface area contributed by atoms with Gasteiger partial charge >= 0.3 is 0 Å². The Bertz CT molecular complexity index is 406. The van der Waals surface area contributed by atoms with E-state index < -0.39 is 0 Å². The average molecular weight is 231 g/mol. The molecular weight excluding hydrogens is 210 g/mol. The number of hydrogen-bond donors (Lipinski definition) is 1. The monoisotopic (exact) mass is 231 g/mol. The minimum atomic E-state index is 0.432. The van der Waals surface area contributed by atoms with Crippen molar-refractivity contribution in [3.63, 3.8) is 0 Å². The van der Waals surface area contributed by atoms with Crippen LogP contribution in [0.5, 0.6) is 0 Å². The third-order valence-corrected chi connectivity index (χ3v) is 3.46. The summed E-state index contributed by atoms with van der Waals surface area (Å²) in [4.78, 5) is 6.59. The second-order valence-corrected chi connectivity index (χ2v) is 4.77. The van der Waals surface area contributed by atoms with Crippen molar-refractivity contribution in [1.29, 1.82) is 0 Å². The molecule has 0 aliphatic heterocycles. The molecule has 0 aromatic heterocycles. The number of aliphatic imine (C=N–C) groups is 1. The molecule has 1 aliphatic rings. The molecule has 0 atom stereocenters. The van der Waals surface area contributed by atoms with Crippen molar-refractivity contribution in [3.05, 3.63) is 29.8 Å². The van der Waals surface area contributed by atoms with Crippen molar-refractivity contribution in [2.75, 3.05) is 11.9 Å². The molecule has 2 N–H and O–H groups in total. The van der Waals surface area contributed by atoms with Crippen LogP contribution in [-0.2, 0) is 0 Å². The minimum Gasteiger partial charge on any atom is -0.370 e. The molecule has 0 spiro atoms. The van der Waals surface area contributed by atoms with Crippen molar-refractivity contribution < 1.29 is 0 Å². The first-order chi connectivity index (χ1) is 8.18. The van der Waals surface area contributed by atoms with E-state index in [-0.39, 0.29) is 0 Å². The lowest BCUT2D eigenvalue weighted by Crippen LogP contribution is -2.35. The van der Waals surface area contributed by atoms with E-state index in [0.717, 1.165) is 5.69 Å². The number of hydrogen-bond acceptors (Lipinski definition) is 1. The predicted octanol–water partition coefficient (Wildman–Crippen LogP) is 2.69. The summed E-state index contributed by atoms with van der Waals surface area (Å²) in [5.74, 6) is 0.631. The highest BCUT2D eigenvalue weighted by molar-refractivity contribution is 5.95. The summed E-state index contributed by atoms with van der Waals surface area (Å²) in [7, 11) is 1.98. The molecule has 0 amide bonds. The topological polar surface area (TPSA) is 41.6 Å². The lowest BCUT2D eigenvalue weighted by molar-refractivity contribution is 0.703. The number of benzene rings is 1. The van der Waals surface area contributed by atoms with E-state index in [0.29, 0.717) is 12.0 Å². The average Bonchev–Trinajstić information content (AvgIpc) is 2.81. The summed E-state index contributed by atoms with van der Waals surface area (Å²) < 4.78 is 0. The number of nitrogens with zero attached hydrogens (tertiary/aromatic N) is 2. The molecule has 0 radical (unpaired) electrons. The maximum Gasteiger partial charge on any atom is 0.195 e. The molecule has 17 heavy (non-hydrogen) atoms. The second-order valence-electron chi connectivity index (χ2n) is 4.77. The number of anilines is 1. The quantitative estimate of drug-likeness (QED) is 0.628. The van der Waals surface area contributed by atoms with Crippen LogP contribution in [0.2, 0.25) is 0 Å². The number of para-hydroxylation sites is 1. The molecule has 1 fully saturated rings. The zero-order valence-corrected chi connectivity index (χ0v) is 10.7. The molecule has 92 valence electrons. The molecule has 2 rings (SSSR count). The predicted molar refractivity (Wildman–Crippen MR) is 73.5 cm³/mol. The van der Waals surface area contributed by atoms with Gasteiger partial charge in [-0.2, -0.15) is 0 Å². The zero-order chi connectivity index (χ0) is 12.3. The van der Waals surface area contributed by atoms with Gasteiger partial charge in [0.1, 0.15) is 0 Å². The molecule has 1 aromatic carbocycles. The van der Waals surface area contributed by atoms with E-state index in [2.05, 4.69) is 24.0 Å². The lowest BCUT2D eigenvalue weighted by Gasteiger charge is -2.21. The maximum atomic E-state index is 6.07. The van der Waals surface area contributed by atoms with E-state index in [1.165, 1.54) is 31.2 Å². The van der Waals surface area contributed by atoms with Gasteiger partial charge in [0.05, 0.1) is 6.04 Å². The summed E-state index contributed by atoms with van der Waals surface area (Å²) in [5, 5.41) is 0. The molecule has 0 unspecified atom stereocenters. The van der Waals surface area contributed by atoms with E-state index >= 15 is 0 Å². The Labute approximate surface area is 103 Å². The van der Waals surface area contributed by atoms with Crippen LogP contribution in [-0.4, -0.2) is 19.0 Å². The highest BCUT2D eigenvalue weighted by Gasteiger charge is 2.15. The molecule has 3 nitrogen and oxygen atoms in total. The van der Waals surface area contributed by atoms with Crippen LogP contribution >= 0.6 is 0 Å². The Balaban J connectivity index is 2.13. The summed E-state index contributed by atoms with van der Waals surface area (Å²) in [6.45, 7) is 2.09. The molecule has 1 saturated carbocycles. The largest absolute Gasteiger partial charge is 0.370 e. The fourth-order valence-electron chi connectivity index (χ4n) is 2.37. The van der Waals surface area contributed by atoms with Crippen LogP contribution in [0.15, 0.2) is 29.3 Å². The van der Waals surface area contributed by atoms with E-state index in [4.69, 9.17) is 5.73 Å². The zero-order valence-electron chi connectivity index (χ0n) is 10.7. The van der Waals surface area contributed by atoms with Crippen LogP contribution in [0.1, 0.15) is 31.2 Å². The van der Waals surface area contributed by atoms with E-state index in [9.17, 15) is 0 Å². The number of nitrogens with two attached hydrogens (primary N) is 1. The van der Waals surface area contributed by atoms with Crippen LogP contribution in [0.4, 0.5) is 5.69 Å². The Morgan fingerprint density at radius 1 is 1.29 bits per heavy atom. The van der Waals surface area contributed by atoms with E-state index in [1.807, 2.05) is 24.1 Å². The van der Waals surface area contributed by atoms with Gasteiger partial charge in [0.15, 0.2) is 5.96 Å². The first-order valence-corrected chi connectivity index (χ1v) is 6.31. The summed E-state index contributed by atoms with van der Waals surface area (Å²) in [5.41, 5.74) is 8.43. The van der Waals surface area contributed by atoms with Crippen molar-refractivity contribution in [2.24, 2.45) is 10.7 Å². The normalized spacial score (nSPS) is 17.4. The first-order valence-electron chi connectivity index (χ1n) is 6.31. The third-order valence-electron chi connectivity index (χ3n) is 3.46. The van der Waals surface area contributed by atoms with Crippen LogP contribution in [0.3, 0.4) is 0 Å². The highest BCUT2D eigenvalue weighted by atomic mass is 15.2. The molecule has 1 aliphatic carbocycles. The number of rotatable bonds is 2. The molecule has 1 aromatic rings. The van der Waals surface area contributed by atoms with Gasteiger partial charge < -0.3 is 10.6 Å². The summed E-state index contributed by atoms with van der Waals surface area (Å²) >= 11 is 0. The van der Waals surface area contributed by atoms with Gasteiger partial charge in [0, 0.05) is 12.7 Å². The van der Waals surface area contributed by atoms with Gasteiger partial charge in [-0.3, -0.25) is 0 Å². The maximum absolute atomic E-state index is 6.07.